The molecule has 0 saturated heterocycles. The van der Waals surface area contributed by atoms with Crippen molar-refractivity contribution >= 4 is 28.0 Å². The first-order chi connectivity index (χ1) is 24.2. The molecule has 0 aliphatic heterocycles. The van der Waals surface area contributed by atoms with E-state index in [4.69, 9.17) is 0 Å². The molecule has 0 nitrogen and oxygen atoms in total. The van der Waals surface area contributed by atoms with Gasteiger partial charge in [0, 0.05) is 0 Å². The molecule has 0 bridgehead atoms. The van der Waals surface area contributed by atoms with E-state index >= 15 is 0 Å². The minimum absolute atomic E-state index is 0. The van der Waals surface area contributed by atoms with E-state index < -0.39 is 0 Å². The molecule has 8 rings (SSSR count). The number of rotatable bonds is 2. The van der Waals surface area contributed by atoms with Crippen molar-refractivity contribution in [1.82, 2.24) is 0 Å². The molecule has 6 aromatic rings. The van der Waals surface area contributed by atoms with Gasteiger partial charge in [-0.05, 0) is 0 Å². The fraction of sp³-hybridized carbons (Fsp3) is 0.167. The third-order valence-corrected chi connectivity index (χ3v) is 9.65. The summed E-state index contributed by atoms with van der Waals surface area (Å²) in [6, 6.07) is 50.3. The summed E-state index contributed by atoms with van der Waals surface area (Å²) in [7, 11) is 0. The smallest absolute Gasteiger partial charge is 0.0809 e. The summed E-state index contributed by atoms with van der Waals surface area (Å²) in [4.78, 5) is 0. The molecule has 0 amide bonds. The molecule has 264 valence electrons. The maximum atomic E-state index is 3.12. The predicted molar refractivity (Wildman–Crippen MR) is 213 cm³/mol. The van der Waals surface area contributed by atoms with E-state index in [0.717, 1.165) is 12.8 Å². The number of benzene rings is 4. The van der Waals surface area contributed by atoms with Crippen LogP contribution in [0.15, 0.2) is 180 Å². The van der Waals surface area contributed by atoms with E-state index in [-0.39, 0.29) is 24.8 Å². The van der Waals surface area contributed by atoms with Crippen LogP contribution in [0.2, 0.25) is 0 Å². The zero-order valence-corrected chi connectivity index (χ0v) is 37.6. The zero-order chi connectivity index (χ0) is 36.1. The summed E-state index contributed by atoms with van der Waals surface area (Å²) < 4.78 is 2.92. The van der Waals surface area contributed by atoms with E-state index in [2.05, 4.69) is 199 Å². The Morgan fingerprint density at radius 3 is 1.04 bits per heavy atom. The van der Waals surface area contributed by atoms with Crippen molar-refractivity contribution in [3.8, 4) is 0 Å². The molecular weight excluding hydrogens is 830 g/mol. The average molecular weight is 878 g/mol. The normalized spacial score (nSPS) is 11.9. The van der Waals surface area contributed by atoms with Crippen LogP contribution in [0.5, 0.6) is 0 Å². The first-order valence-corrected chi connectivity index (χ1v) is 19.5. The Hall–Kier alpha value is -2.85. The molecule has 0 fully saturated rings. The summed E-state index contributed by atoms with van der Waals surface area (Å²) in [5.74, 6) is 0. The molecule has 52 heavy (non-hydrogen) atoms. The van der Waals surface area contributed by atoms with E-state index in [1.54, 1.807) is 0 Å². The van der Waals surface area contributed by atoms with E-state index in [9.17, 15) is 0 Å². The van der Waals surface area contributed by atoms with Crippen molar-refractivity contribution < 1.29 is 73.3 Å². The third-order valence-electron chi connectivity index (χ3n) is 8.23. The fourth-order valence-corrected chi connectivity index (χ4v) is 5.58. The van der Waals surface area contributed by atoms with Crippen LogP contribution in [0.25, 0.3) is 21.5 Å². The number of halogens is 2. The van der Waals surface area contributed by atoms with Crippen LogP contribution >= 0.6 is 0 Å². The van der Waals surface area contributed by atoms with Gasteiger partial charge in [-0.15, -0.1) is 86.0 Å². The van der Waals surface area contributed by atoms with E-state index in [1.165, 1.54) is 110 Å². The molecule has 6 aromatic carbocycles. The second-order valence-corrected chi connectivity index (χ2v) is 16.0. The quantitative estimate of drug-likeness (QED) is 0.167. The van der Waals surface area contributed by atoms with Crippen LogP contribution in [0.3, 0.4) is 0 Å². The van der Waals surface area contributed by atoms with Gasteiger partial charge in [0.2, 0.25) is 0 Å². The van der Waals surface area contributed by atoms with Crippen LogP contribution in [0, 0.1) is 12.2 Å². The third kappa shape index (κ3) is 17.8. The van der Waals surface area contributed by atoms with E-state index in [1.807, 2.05) is 12.1 Å². The number of hydrogen-bond acceptors (Lipinski definition) is 0. The second kappa shape index (κ2) is 26.8. The van der Waals surface area contributed by atoms with Crippen LogP contribution in [0.4, 0.5) is 0 Å². The molecule has 0 radical (unpaired) electrons. The Balaban J connectivity index is 0.000000311. The van der Waals surface area contributed by atoms with Crippen LogP contribution in [0.1, 0.15) is 65.5 Å². The van der Waals surface area contributed by atoms with Crippen molar-refractivity contribution in [2.75, 3.05) is 0 Å². The molecule has 0 spiro atoms. The van der Waals surface area contributed by atoms with Gasteiger partial charge in [0.05, 0.1) is 0 Å². The van der Waals surface area contributed by atoms with E-state index in [0.29, 0.717) is 0 Å². The molecule has 0 heterocycles. The van der Waals surface area contributed by atoms with Gasteiger partial charge in [-0.2, -0.15) is 46.2 Å². The van der Waals surface area contributed by atoms with Crippen molar-refractivity contribution in [3.05, 3.63) is 203 Å². The van der Waals surface area contributed by atoms with Crippen LogP contribution in [-0.4, -0.2) is 6.41 Å². The first-order valence-electron chi connectivity index (χ1n) is 17.0. The van der Waals surface area contributed by atoms with Gasteiger partial charge >= 0.3 is 141 Å². The largest absolute Gasteiger partial charge is 1.00 e. The molecule has 0 saturated carbocycles. The van der Waals surface area contributed by atoms with Crippen molar-refractivity contribution in [3.63, 3.8) is 0 Å². The summed E-state index contributed by atoms with van der Waals surface area (Å²) in [5.41, 5.74) is 8.44. The first kappa shape index (κ1) is 47.2. The van der Waals surface area contributed by atoms with Crippen molar-refractivity contribution in [2.24, 2.45) is 0 Å². The number of fused-ring (bicyclic) bond motifs is 2. The number of hydrogen-bond donors (Lipinski definition) is 0. The minimum Gasteiger partial charge on any atom is -1.00 e. The Bertz CT molecular complexity index is 1830. The fourth-order valence-electron chi connectivity index (χ4n) is 4.76. The Morgan fingerprint density at radius 1 is 0.481 bits per heavy atom. The Labute approximate surface area is 355 Å². The van der Waals surface area contributed by atoms with Gasteiger partial charge < -0.3 is 24.8 Å². The van der Waals surface area contributed by atoms with Gasteiger partial charge in [0.15, 0.2) is 0 Å². The van der Waals surface area contributed by atoms with Crippen LogP contribution in [-0.2, 0) is 48.5 Å². The standard InChI is InChI=1S/2C9H7.2C8H8.2C7H9.2ClH.2Zr/c2*1-2-5-9-7-3-6-8(9)4-1;2*1-2-8-6-4-3-5-7-8;2*1-6-4-3-5-7(6)2;;;;/h2*1-7H;2*3-7H,1H3;2*4H,5H2,1-2H3;2*1H;;/q2*-1;;;2*-1;;;2*+2/p-2. The summed E-state index contributed by atoms with van der Waals surface area (Å²) >= 11 is 3.01. The molecule has 4 heteroatoms. The topological polar surface area (TPSA) is 0 Å². The Morgan fingerprint density at radius 2 is 0.808 bits per heavy atom. The van der Waals surface area contributed by atoms with Gasteiger partial charge in [0.1, 0.15) is 0 Å². The van der Waals surface area contributed by atoms with Crippen LogP contribution < -0.4 is 24.8 Å². The van der Waals surface area contributed by atoms with Crippen molar-refractivity contribution in [2.45, 2.75) is 54.4 Å². The summed E-state index contributed by atoms with van der Waals surface area (Å²) in [5, 5.41) is 5.32. The average Bonchev–Trinajstić information content (AvgIpc) is 3.97. The maximum absolute atomic E-state index is 3.12. The molecule has 0 atom stereocenters. The molecule has 2 aliphatic carbocycles. The van der Waals surface area contributed by atoms with Crippen molar-refractivity contribution in [1.29, 1.82) is 0 Å². The maximum Gasteiger partial charge on any atom is -0.0809 e. The molecular formula is C48H48Cl2Zr2-2. The van der Waals surface area contributed by atoms with Gasteiger partial charge in [-0.3, -0.25) is 12.2 Å². The number of allylic oxidation sites excluding steroid dienone is 8. The molecule has 0 N–H and O–H groups in total. The van der Waals surface area contributed by atoms with Gasteiger partial charge in [-0.1, -0.05) is 26.0 Å². The molecule has 2 aliphatic rings. The SMILES string of the molecule is CC1=C(C)C[C-]=C1.CC1=C(C)C[C-]=C1.C[C](=[Zr+2])c1ccccc1.C[C](=[Zr+2])c1ccccc1.[Cl-].[Cl-].c1ccc2[cH-]ccc2c1.c1ccc2[cH-]ccc2c1. The Kier molecular flexibility index (Phi) is 24.3. The summed E-state index contributed by atoms with van der Waals surface area (Å²) in [6.07, 6.45) is 12.4. The predicted octanol–water partition coefficient (Wildman–Crippen LogP) is 6.84. The van der Waals surface area contributed by atoms with Gasteiger partial charge in [0.25, 0.3) is 0 Å². The second-order valence-electron chi connectivity index (χ2n) is 12.3. The monoisotopic (exact) mass is 874 g/mol. The summed E-state index contributed by atoms with van der Waals surface area (Å²) in [6.45, 7) is 12.9. The minimum atomic E-state index is 0. The zero-order valence-electron chi connectivity index (χ0n) is 31.2. The molecule has 0 aromatic heterocycles. The molecule has 0 unspecified atom stereocenters. The van der Waals surface area contributed by atoms with Gasteiger partial charge in [-0.25, -0.2) is 23.3 Å².